The number of benzene rings is 1. The summed E-state index contributed by atoms with van der Waals surface area (Å²) in [6, 6.07) is 11.5. The molecule has 0 N–H and O–H groups in total. The Balaban J connectivity index is 2.42. The highest BCUT2D eigenvalue weighted by Crippen LogP contribution is 2.04. The number of carbonyl (C=O) groups is 2. The van der Waals surface area contributed by atoms with Gasteiger partial charge < -0.3 is 14.3 Å². The van der Waals surface area contributed by atoms with Crippen molar-refractivity contribution in [3.63, 3.8) is 0 Å². The molecule has 120 valence electrons. The van der Waals surface area contributed by atoms with Gasteiger partial charge >= 0.3 is 11.9 Å². The number of carbonyl (C=O) groups excluding carboxylic acids is 2. The van der Waals surface area contributed by atoms with Crippen LogP contribution in [-0.4, -0.2) is 30.9 Å². The SMILES string of the molecule is COC(=O)c1ccc(C(=O)OC)n(OCc2ccccc2)c1=O. The van der Waals surface area contributed by atoms with Crippen molar-refractivity contribution < 1.29 is 23.9 Å². The van der Waals surface area contributed by atoms with Crippen LogP contribution in [0.2, 0.25) is 0 Å². The van der Waals surface area contributed by atoms with Gasteiger partial charge in [-0.25, -0.2) is 9.59 Å². The van der Waals surface area contributed by atoms with E-state index in [2.05, 4.69) is 9.47 Å². The molecule has 2 aromatic rings. The van der Waals surface area contributed by atoms with Gasteiger partial charge in [0, 0.05) is 0 Å². The average molecular weight is 317 g/mol. The second-order valence-corrected chi connectivity index (χ2v) is 4.47. The number of hydrogen-bond donors (Lipinski definition) is 0. The molecule has 0 atom stereocenters. The summed E-state index contributed by atoms with van der Waals surface area (Å²) >= 11 is 0. The number of methoxy groups -OCH3 is 2. The molecule has 0 radical (unpaired) electrons. The lowest BCUT2D eigenvalue weighted by Gasteiger charge is -2.13. The monoisotopic (exact) mass is 317 g/mol. The molecule has 0 aliphatic carbocycles. The molecule has 1 aromatic carbocycles. The molecule has 0 aliphatic heterocycles. The van der Waals surface area contributed by atoms with E-state index in [0.717, 1.165) is 17.4 Å². The van der Waals surface area contributed by atoms with Gasteiger partial charge in [-0.15, -0.1) is 4.73 Å². The number of nitrogens with zero attached hydrogens (tertiary/aromatic N) is 1. The number of pyridine rings is 1. The van der Waals surface area contributed by atoms with Crippen LogP contribution in [0.1, 0.15) is 26.4 Å². The zero-order valence-electron chi connectivity index (χ0n) is 12.6. The van der Waals surface area contributed by atoms with Crippen molar-refractivity contribution in [2.24, 2.45) is 0 Å². The zero-order valence-corrected chi connectivity index (χ0v) is 12.6. The minimum absolute atomic E-state index is 0.0371. The lowest BCUT2D eigenvalue weighted by Crippen LogP contribution is -2.35. The van der Waals surface area contributed by atoms with E-state index in [1.165, 1.54) is 19.2 Å². The highest BCUT2D eigenvalue weighted by atomic mass is 16.7. The maximum absolute atomic E-state index is 12.4. The lowest BCUT2D eigenvalue weighted by molar-refractivity contribution is 0.0442. The van der Waals surface area contributed by atoms with Crippen LogP contribution in [0, 0.1) is 0 Å². The van der Waals surface area contributed by atoms with Crippen molar-refractivity contribution in [1.29, 1.82) is 0 Å². The van der Waals surface area contributed by atoms with Gasteiger partial charge in [-0.3, -0.25) is 4.79 Å². The predicted molar refractivity (Wildman–Crippen MR) is 80.1 cm³/mol. The summed E-state index contributed by atoms with van der Waals surface area (Å²) in [7, 11) is 2.34. The van der Waals surface area contributed by atoms with Crippen LogP contribution in [0.15, 0.2) is 47.3 Å². The molecule has 0 spiro atoms. The Morgan fingerprint density at radius 1 is 0.957 bits per heavy atom. The van der Waals surface area contributed by atoms with Crippen LogP contribution in [0.5, 0.6) is 0 Å². The quantitative estimate of drug-likeness (QED) is 0.767. The Morgan fingerprint density at radius 3 is 2.22 bits per heavy atom. The molecular formula is C16H15NO6. The molecule has 0 amide bonds. The van der Waals surface area contributed by atoms with Crippen molar-refractivity contribution in [1.82, 2.24) is 4.73 Å². The predicted octanol–water partition coefficient (Wildman–Crippen LogP) is 1.05. The highest BCUT2D eigenvalue weighted by Gasteiger charge is 2.20. The summed E-state index contributed by atoms with van der Waals surface area (Å²) < 4.78 is 9.89. The Kier molecular flexibility index (Phi) is 5.14. The Morgan fingerprint density at radius 2 is 1.61 bits per heavy atom. The Labute approximate surface area is 132 Å². The van der Waals surface area contributed by atoms with Crippen LogP contribution in [0.4, 0.5) is 0 Å². The van der Waals surface area contributed by atoms with Crippen LogP contribution < -0.4 is 10.4 Å². The average Bonchev–Trinajstić information content (AvgIpc) is 2.60. The highest BCUT2D eigenvalue weighted by molar-refractivity contribution is 5.91. The molecule has 23 heavy (non-hydrogen) atoms. The third-order valence-electron chi connectivity index (χ3n) is 3.04. The first-order valence-electron chi connectivity index (χ1n) is 6.68. The summed E-state index contributed by atoms with van der Waals surface area (Å²) in [5.74, 6) is -1.57. The Hall–Kier alpha value is -3.09. The van der Waals surface area contributed by atoms with Crippen molar-refractivity contribution in [3.05, 3.63) is 69.6 Å². The van der Waals surface area contributed by atoms with E-state index in [-0.39, 0.29) is 17.9 Å². The third-order valence-corrected chi connectivity index (χ3v) is 3.04. The molecule has 1 heterocycles. The van der Waals surface area contributed by atoms with Gasteiger partial charge in [-0.05, 0) is 17.7 Å². The summed E-state index contributed by atoms with van der Waals surface area (Å²) in [5, 5.41) is 0. The van der Waals surface area contributed by atoms with Crippen molar-refractivity contribution in [2.75, 3.05) is 14.2 Å². The van der Waals surface area contributed by atoms with E-state index in [1.54, 1.807) is 12.1 Å². The van der Waals surface area contributed by atoms with Gasteiger partial charge in [0.05, 0.1) is 14.2 Å². The normalized spacial score (nSPS) is 10.0. The summed E-state index contributed by atoms with van der Waals surface area (Å²) in [4.78, 5) is 41.1. The van der Waals surface area contributed by atoms with E-state index in [0.29, 0.717) is 0 Å². The maximum atomic E-state index is 12.4. The van der Waals surface area contributed by atoms with Gasteiger partial charge in [0.15, 0.2) is 5.69 Å². The van der Waals surface area contributed by atoms with E-state index in [4.69, 9.17) is 4.84 Å². The van der Waals surface area contributed by atoms with Gasteiger partial charge in [0.2, 0.25) is 0 Å². The van der Waals surface area contributed by atoms with E-state index < -0.39 is 17.5 Å². The molecule has 0 saturated heterocycles. The number of hydrogen-bond acceptors (Lipinski definition) is 6. The molecule has 0 bridgehead atoms. The molecule has 7 heteroatoms. The maximum Gasteiger partial charge on any atom is 0.358 e. The zero-order chi connectivity index (χ0) is 16.8. The second kappa shape index (κ2) is 7.26. The number of ether oxygens (including phenoxy) is 2. The van der Waals surface area contributed by atoms with E-state index in [1.807, 2.05) is 18.2 Å². The molecule has 0 saturated carbocycles. The van der Waals surface area contributed by atoms with E-state index >= 15 is 0 Å². The van der Waals surface area contributed by atoms with Gasteiger partial charge in [0.1, 0.15) is 12.2 Å². The van der Waals surface area contributed by atoms with Gasteiger partial charge in [-0.1, -0.05) is 30.3 Å². The van der Waals surface area contributed by atoms with Crippen LogP contribution in [-0.2, 0) is 16.1 Å². The third kappa shape index (κ3) is 3.57. The minimum Gasteiger partial charge on any atom is -0.465 e. The second-order valence-electron chi connectivity index (χ2n) is 4.47. The van der Waals surface area contributed by atoms with E-state index in [9.17, 15) is 14.4 Å². The number of rotatable bonds is 5. The number of esters is 2. The lowest BCUT2D eigenvalue weighted by atomic mass is 10.2. The molecule has 1 aromatic heterocycles. The first kappa shape index (κ1) is 16.3. The molecule has 7 nitrogen and oxygen atoms in total. The largest absolute Gasteiger partial charge is 0.465 e. The standard InChI is InChI=1S/C16H15NO6/c1-21-15(19)12-8-9-13(16(20)22-2)17(14(12)18)23-10-11-6-4-3-5-7-11/h3-9H,10H2,1-2H3. The van der Waals surface area contributed by atoms with Gasteiger partial charge in [-0.2, -0.15) is 0 Å². The Bertz CT molecular complexity index is 766. The fraction of sp³-hybridized carbons (Fsp3) is 0.188. The smallest absolute Gasteiger partial charge is 0.358 e. The fourth-order valence-corrected chi connectivity index (χ4v) is 1.88. The van der Waals surface area contributed by atoms with Crippen molar-refractivity contribution in [2.45, 2.75) is 6.61 Å². The fourth-order valence-electron chi connectivity index (χ4n) is 1.88. The van der Waals surface area contributed by atoms with Gasteiger partial charge in [0.25, 0.3) is 5.56 Å². The molecular weight excluding hydrogens is 302 g/mol. The summed E-state index contributed by atoms with van der Waals surface area (Å²) in [6.07, 6.45) is 0. The topological polar surface area (TPSA) is 83.8 Å². The molecule has 0 fully saturated rings. The summed E-state index contributed by atoms with van der Waals surface area (Å²) in [5.41, 5.74) is -0.372. The molecule has 0 unspecified atom stereocenters. The summed E-state index contributed by atoms with van der Waals surface area (Å²) in [6.45, 7) is 0.0371. The first-order valence-corrected chi connectivity index (χ1v) is 6.68. The van der Waals surface area contributed by atoms with Crippen LogP contribution >= 0.6 is 0 Å². The molecule has 2 rings (SSSR count). The number of aromatic nitrogens is 1. The first-order chi connectivity index (χ1) is 11.1. The molecule has 0 aliphatic rings. The van der Waals surface area contributed by atoms with Crippen LogP contribution in [0.3, 0.4) is 0 Å². The van der Waals surface area contributed by atoms with Crippen molar-refractivity contribution >= 4 is 11.9 Å². The minimum atomic E-state index is -0.816. The van der Waals surface area contributed by atoms with Crippen LogP contribution in [0.25, 0.3) is 0 Å². The van der Waals surface area contributed by atoms with Crippen molar-refractivity contribution in [3.8, 4) is 0 Å².